The lowest BCUT2D eigenvalue weighted by Gasteiger charge is -1.97. The van der Waals surface area contributed by atoms with E-state index in [1.165, 1.54) is 17.4 Å². The predicted molar refractivity (Wildman–Crippen MR) is 68.8 cm³/mol. The molecule has 0 aliphatic heterocycles. The average Bonchev–Trinajstić information content (AvgIpc) is 2.90. The summed E-state index contributed by atoms with van der Waals surface area (Å²) in [7, 11) is 0. The van der Waals surface area contributed by atoms with Crippen LogP contribution in [0.4, 0.5) is 0 Å². The first-order valence-corrected chi connectivity index (χ1v) is 6.38. The Kier molecular flexibility index (Phi) is 3.92. The second-order valence-electron chi connectivity index (χ2n) is 3.46. The molecule has 2 nitrogen and oxygen atoms in total. The van der Waals surface area contributed by atoms with Crippen LogP contribution in [0.15, 0.2) is 52.2 Å². The second-order valence-corrected chi connectivity index (χ2v) is 4.34. The van der Waals surface area contributed by atoms with Crippen molar-refractivity contribution in [3.05, 3.63) is 54.0 Å². The summed E-state index contributed by atoms with van der Waals surface area (Å²) in [4.78, 5) is 1.20. The van der Waals surface area contributed by atoms with Gasteiger partial charge in [0.25, 0.3) is 0 Å². The third kappa shape index (κ3) is 3.16. The van der Waals surface area contributed by atoms with Crippen LogP contribution in [0.25, 0.3) is 0 Å². The average molecular weight is 244 g/mol. The predicted octanol–water partition coefficient (Wildman–Crippen LogP) is 3.09. The maximum Gasteiger partial charge on any atom is 0.143 e. The standard InChI is InChI=1S/C14H12O2S/c1-17-13-5-2-11(3-6-13)4-7-14(15)12-8-9-16-10-12/h2-3,5-6,8-10,14-15H,1H3/t14-/m0/s1. The molecule has 0 fully saturated rings. The monoisotopic (exact) mass is 244 g/mol. The molecule has 1 heterocycles. The molecule has 0 radical (unpaired) electrons. The molecule has 86 valence electrons. The molecule has 2 rings (SSSR count). The van der Waals surface area contributed by atoms with Crippen molar-refractivity contribution in [2.75, 3.05) is 6.26 Å². The molecular formula is C14H12O2S. The lowest BCUT2D eigenvalue weighted by Crippen LogP contribution is -1.90. The fraction of sp³-hybridized carbons (Fsp3) is 0.143. The highest BCUT2D eigenvalue weighted by molar-refractivity contribution is 7.98. The van der Waals surface area contributed by atoms with Crippen LogP contribution in [0, 0.1) is 11.8 Å². The summed E-state index contributed by atoms with van der Waals surface area (Å²) in [6.07, 6.45) is 4.25. The normalized spacial score (nSPS) is 11.6. The number of rotatable bonds is 2. The van der Waals surface area contributed by atoms with Gasteiger partial charge in [0.1, 0.15) is 6.10 Å². The number of benzene rings is 1. The van der Waals surface area contributed by atoms with Crippen molar-refractivity contribution in [2.45, 2.75) is 11.0 Å². The van der Waals surface area contributed by atoms with Gasteiger partial charge in [0.15, 0.2) is 0 Å². The summed E-state index contributed by atoms with van der Waals surface area (Å²) in [6.45, 7) is 0. The molecule has 0 saturated carbocycles. The molecule has 0 unspecified atom stereocenters. The van der Waals surface area contributed by atoms with Gasteiger partial charge >= 0.3 is 0 Å². The van der Waals surface area contributed by atoms with Crippen LogP contribution in [-0.4, -0.2) is 11.4 Å². The molecule has 1 N–H and O–H groups in total. The molecule has 0 amide bonds. The van der Waals surface area contributed by atoms with Crippen LogP contribution in [-0.2, 0) is 0 Å². The van der Waals surface area contributed by atoms with E-state index in [4.69, 9.17) is 4.42 Å². The smallest absolute Gasteiger partial charge is 0.143 e. The lowest BCUT2D eigenvalue weighted by molar-refractivity contribution is 0.237. The first-order valence-electron chi connectivity index (χ1n) is 5.15. The van der Waals surface area contributed by atoms with Gasteiger partial charge in [-0.1, -0.05) is 11.8 Å². The first-order chi connectivity index (χ1) is 8.29. The third-order valence-electron chi connectivity index (χ3n) is 2.30. The topological polar surface area (TPSA) is 33.4 Å². The maximum absolute atomic E-state index is 9.73. The Morgan fingerprint density at radius 3 is 2.59 bits per heavy atom. The van der Waals surface area contributed by atoms with Gasteiger partial charge in [-0.25, -0.2) is 0 Å². The maximum atomic E-state index is 9.73. The van der Waals surface area contributed by atoms with Crippen LogP contribution < -0.4 is 0 Å². The summed E-state index contributed by atoms with van der Waals surface area (Å²) in [5.74, 6) is 5.71. The fourth-order valence-electron chi connectivity index (χ4n) is 1.34. The highest BCUT2D eigenvalue weighted by Crippen LogP contribution is 2.15. The zero-order valence-electron chi connectivity index (χ0n) is 9.38. The van der Waals surface area contributed by atoms with E-state index < -0.39 is 6.10 Å². The van der Waals surface area contributed by atoms with Crippen LogP contribution >= 0.6 is 11.8 Å². The zero-order valence-corrected chi connectivity index (χ0v) is 10.2. The summed E-state index contributed by atoms with van der Waals surface area (Å²) in [5, 5.41) is 9.73. The minimum absolute atomic E-state index is 0.679. The van der Waals surface area contributed by atoms with Crippen molar-refractivity contribution >= 4 is 11.8 Å². The largest absolute Gasteiger partial charge is 0.472 e. The molecule has 0 aliphatic carbocycles. The molecule has 3 heteroatoms. The van der Waals surface area contributed by atoms with Crippen molar-refractivity contribution in [2.24, 2.45) is 0 Å². The van der Waals surface area contributed by atoms with E-state index in [1.807, 2.05) is 30.5 Å². The van der Waals surface area contributed by atoms with Crippen molar-refractivity contribution in [1.29, 1.82) is 0 Å². The summed E-state index contributed by atoms with van der Waals surface area (Å²) < 4.78 is 4.89. The van der Waals surface area contributed by atoms with Gasteiger partial charge in [-0.15, -0.1) is 11.8 Å². The van der Waals surface area contributed by atoms with Crippen molar-refractivity contribution in [3.63, 3.8) is 0 Å². The Morgan fingerprint density at radius 1 is 1.24 bits per heavy atom. The Hall–Kier alpha value is -1.63. The first kappa shape index (κ1) is 11.8. The van der Waals surface area contributed by atoms with Crippen LogP contribution in [0.2, 0.25) is 0 Å². The molecule has 0 bridgehead atoms. The van der Waals surface area contributed by atoms with E-state index in [9.17, 15) is 5.11 Å². The van der Waals surface area contributed by atoms with E-state index >= 15 is 0 Å². The van der Waals surface area contributed by atoms with Crippen molar-refractivity contribution < 1.29 is 9.52 Å². The summed E-state index contributed by atoms with van der Waals surface area (Å²) in [5.41, 5.74) is 1.57. The number of furan rings is 1. The van der Waals surface area contributed by atoms with Crippen molar-refractivity contribution in [3.8, 4) is 11.8 Å². The Bertz CT molecular complexity index is 518. The number of thioether (sulfide) groups is 1. The van der Waals surface area contributed by atoms with E-state index in [-0.39, 0.29) is 0 Å². The molecule has 1 atom stereocenters. The molecule has 0 aliphatic rings. The van der Waals surface area contributed by atoms with Gasteiger partial charge in [0.05, 0.1) is 12.5 Å². The summed E-state index contributed by atoms with van der Waals surface area (Å²) in [6, 6.07) is 9.62. The van der Waals surface area contributed by atoms with E-state index in [1.54, 1.807) is 17.8 Å². The fourth-order valence-corrected chi connectivity index (χ4v) is 1.75. The van der Waals surface area contributed by atoms with Crippen LogP contribution in [0.5, 0.6) is 0 Å². The lowest BCUT2D eigenvalue weighted by atomic mass is 10.1. The minimum Gasteiger partial charge on any atom is -0.472 e. The van der Waals surface area contributed by atoms with E-state index in [2.05, 4.69) is 11.8 Å². The molecule has 1 aromatic carbocycles. The van der Waals surface area contributed by atoms with Gasteiger partial charge in [-0.05, 0) is 36.6 Å². The molecule has 0 saturated heterocycles. The van der Waals surface area contributed by atoms with Gasteiger partial charge < -0.3 is 9.52 Å². The highest BCUT2D eigenvalue weighted by Gasteiger charge is 2.03. The molecular weight excluding hydrogens is 232 g/mol. The van der Waals surface area contributed by atoms with Crippen LogP contribution in [0.1, 0.15) is 17.2 Å². The van der Waals surface area contributed by atoms with Crippen LogP contribution in [0.3, 0.4) is 0 Å². The van der Waals surface area contributed by atoms with Gasteiger partial charge in [0, 0.05) is 16.0 Å². The van der Waals surface area contributed by atoms with E-state index in [0.717, 1.165) is 5.56 Å². The Balaban J connectivity index is 2.10. The highest BCUT2D eigenvalue weighted by atomic mass is 32.2. The van der Waals surface area contributed by atoms with Gasteiger partial charge in [-0.2, -0.15) is 0 Å². The Labute approximate surface area is 105 Å². The number of aliphatic hydroxyl groups excluding tert-OH is 1. The number of aliphatic hydroxyl groups is 1. The Morgan fingerprint density at radius 2 is 2.00 bits per heavy atom. The number of hydrogen-bond donors (Lipinski definition) is 1. The molecule has 1 aromatic heterocycles. The SMILES string of the molecule is CSc1ccc(C#C[C@H](O)c2ccoc2)cc1. The van der Waals surface area contributed by atoms with Gasteiger partial charge in [0.2, 0.25) is 0 Å². The molecule has 17 heavy (non-hydrogen) atoms. The summed E-state index contributed by atoms with van der Waals surface area (Å²) >= 11 is 1.69. The zero-order chi connectivity index (χ0) is 12.1. The van der Waals surface area contributed by atoms with E-state index in [0.29, 0.717) is 5.56 Å². The van der Waals surface area contributed by atoms with Crippen molar-refractivity contribution in [1.82, 2.24) is 0 Å². The third-order valence-corrected chi connectivity index (χ3v) is 3.05. The minimum atomic E-state index is -0.797. The molecule has 2 aromatic rings. The van der Waals surface area contributed by atoms with Gasteiger partial charge in [-0.3, -0.25) is 0 Å². The quantitative estimate of drug-likeness (QED) is 0.651. The number of hydrogen-bond acceptors (Lipinski definition) is 3. The molecule has 0 spiro atoms. The second kappa shape index (κ2) is 5.62.